The molecule has 1 aliphatic heterocycles. The molecule has 0 spiro atoms. The summed E-state index contributed by atoms with van der Waals surface area (Å²) in [5.74, 6) is -0.480. The minimum absolute atomic E-state index is 0.0992. The first-order valence-corrected chi connectivity index (χ1v) is 10.7. The molecule has 9 heteroatoms. The van der Waals surface area contributed by atoms with Crippen LogP contribution in [0.15, 0.2) is 53.4 Å². The molecule has 1 amide bonds. The van der Waals surface area contributed by atoms with E-state index in [0.717, 1.165) is 5.56 Å². The third-order valence-electron chi connectivity index (χ3n) is 4.56. The molecular formula is C19H21ClFN3O3S. The molecule has 3 rings (SSSR count). The highest BCUT2D eigenvalue weighted by Gasteiger charge is 2.30. The van der Waals surface area contributed by atoms with Crippen molar-refractivity contribution >= 4 is 27.5 Å². The van der Waals surface area contributed by atoms with Crippen molar-refractivity contribution in [2.45, 2.75) is 11.4 Å². The fourth-order valence-electron chi connectivity index (χ4n) is 2.98. The molecule has 0 bridgehead atoms. The first kappa shape index (κ1) is 20.7. The first-order chi connectivity index (χ1) is 13.4. The predicted octanol–water partition coefficient (Wildman–Crippen LogP) is 2.10. The third kappa shape index (κ3) is 5.08. The number of carbonyl (C=O) groups excluding carboxylic acids is 1. The summed E-state index contributed by atoms with van der Waals surface area (Å²) in [7, 11) is -3.65. The smallest absolute Gasteiger partial charge is 0.244 e. The number of halogens is 2. The molecule has 0 unspecified atom stereocenters. The highest BCUT2D eigenvalue weighted by atomic mass is 35.5. The average Bonchev–Trinajstić information content (AvgIpc) is 2.68. The van der Waals surface area contributed by atoms with Crippen LogP contribution in [0, 0.1) is 5.82 Å². The zero-order chi connectivity index (χ0) is 20.1. The molecule has 150 valence electrons. The summed E-state index contributed by atoms with van der Waals surface area (Å²) in [5.41, 5.74) is 0.811. The molecule has 6 nitrogen and oxygen atoms in total. The van der Waals surface area contributed by atoms with Gasteiger partial charge in [0.2, 0.25) is 15.9 Å². The molecular weight excluding hydrogens is 405 g/mol. The zero-order valence-electron chi connectivity index (χ0n) is 15.1. The maximum Gasteiger partial charge on any atom is 0.244 e. The Morgan fingerprint density at radius 1 is 1.04 bits per heavy atom. The van der Waals surface area contributed by atoms with Crippen molar-refractivity contribution in [1.29, 1.82) is 0 Å². The fourth-order valence-corrected chi connectivity index (χ4v) is 4.90. The van der Waals surface area contributed by atoms with E-state index in [2.05, 4.69) is 5.32 Å². The van der Waals surface area contributed by atoms with Crippen LogP contribution in [0.1, 0.15) is 5.56 Å². The Balaban J connectivity index is 1.49. The van der Waals surface area contributed by atoms with Gasteiger partial charge in [0.15, 0.2) is 0 Å². The number of hydrogen-bond donors (Lipinski definition) is 1. The van der Waals surface area contributed by atoms with Gasteiger partial charge >= 0.3 is 0 Å². The topological polar surface area (TPSA) is 69.7 Å². The fraction of sp³-hybridized carbons (Fsp3) is 0.316. The van der Waals surface area contributed by atoms with Gasteiger partial charge < -0.3 is 5.32 Å². The molecule has 0 aliphatic carbocycles. The lowest BCUT2D eigenvalue weighted by atomic mass is 10.2. The van der Waals surface area contributed by atoms with Crippen LogP contribution in [0.2, 0.25) is 5.02 Å². The van der Waals surface area contributed by atoms with Gasteiger partial charge in [0.1, 0.15) is 10.7 Å². The lowest BCUT2D eigenvalue weighted by Crippen LogP contribution is -2.51. The van der Waals surface area contributed by atoms with Gasteiger partial charge in [-0.1, -0.05) is 35.9 Å². The molecule has 1 heterocycles. The highest BCUT2D eigenvalue weighted by Crippen LogP contribution is 2.24. The standard InChI is InChI=1S/C19H21ClFN3O3S/c20-17-3-1-2-4-18(17)28(26,27)24-11-9-23(10-12-24)14-19(25)22-13-15-5-7-16(21)8-6-15/h1-8H,9-14H2,(H,22,25). The Morgan fingerprint density at radius 2 is 1.68 bits per heavy atom. The van der Waals surface area contributed by atoms with E-state index in [1.165, 1.54) is 22.5 Å². The Bertz CT molecular complexity index is 930. The summed E-state index contributed by atoms with van der Waals surface area (Å²) in [4.78, 5) is 14.1. The first-order valence-electron chi connectivity index (χ1n) is 8.84. The van der Waals surface area contributed by atoms with Crippen molar-refractivity contribution in [2.75, 3.05) is 32.7 Å². The van der Waals surface area contributed by atoms with Gasteiger partial charge in [0, 0.05) is 32.7 Å². The number of hydrogen-bond acceptors (Lipinski definition) is 4. The van der Waals surface area contributed by atoms with Gasteiger partial charge in [-0.3, -0.25) is 9.69 Å². The Labute approximate surface area is 168 Å². The van der Waals surface area contributed by atoms with Crippen molar-refractivity contribution in [2.24, 2.45) is 0 Å². The number of benzene rings is 2. The summed E-state index contributed by atoms with van der Waals surface area (Å²) < 4.78 is 39.8. The van der Waals surface area contributed by atoms with Gasteiger partial charge in [-0.2, -0.15) is 4.31 Å². The van der Waals surface area contributed by atoms with E-state index < -0.39 is 10.0 Å². The van der Waals surface area contributed by atoms with Crippen molar-refractivity contribution in [3.63, 3.8) is 0 Å². The quantitative estimate of drug-likeness (QED) is 0.769. The van der Waals surface area contributed by atoms with Gasteiger partial charge in [-0.15, -0.1) is 0 Å². The summed E-state index contributed by atoms with van der Waals surface area (Å²) in [6, 6.07) is 12.3. The molecule has 0 saturated carbocycles. The predicted molar refractivity (Wildman–Crippen MR) is 105 cm³/mol. The van der Waals surface area contributed by atoms with Crippen LogP contribution in [0.4, 0.5) is 4.39 Å². The second-order valence-electron chi connectivity index (χ2n) is 6.51. The van der Waals surface area contributed by atoms with Crippen LogP contribution in [-0.2, 0) is 21.4 Å². The molecule has 1 fully saturated rings. The van der Waals surface area contributed by atoms with E-state index in [-0.39, 0.29) is 28.2 Å². The molecule has 1 N–H and O–H groups in total. The third-order valence-corrected chi connectivity index (χ3v) is 6.95. The summed E-state index contributed by atoms with van der Waals surface area (Å²) in [5, 5.41) is 2.99. The number of rotatable bonds is 6. The number of piperazine rings is 1. The molecule has 1 saturated heterocycles. The van der Waals surface area contributed by atoms with Gasteiger partial charge in [0.05, 0.1) is 11.6 Å². The van der Waals surface area contributed by atoms with Crippen molar-refractivity contribution in [3.05, 3.63) is 64.9 Å². The summed E-state index contributed by atoms with van der Waals surface area (Å²) in [6.45, 7) is 1.99. The molecule has 2 aromatic rings. The van der Waals surface area contributed by atoms with Crippen LogP contribution >= 0.6 is 11.6 Å². The summed E-state index contributed by atoms with van der Waals surface area (Å²) >= 11 is 6.03. The number of sulfonamides is 1. The molecule has 1 aliphatic rings. The number of nitrogens with zero attached hydrogens (tertiary/aromatic N) is 2. The van der Waals surface area contributed by atoms with Crippen LogP contribution in [0.5, 0.6) is 0 Å². The van der Waals surface area contributed by atoms with Gasteiger partial charge in [-0.05, 0) is 29.8 Å². The molecule has 0 atom stereocenters. The number of carbonyl (C=O) groups is 1. The van der Waals surface area contributed by atoms with Crippen LogP contribution in [0.3, 0.4) is 0 Å². The lowest BCUT2D eigenvalue weighted by Gasteiger charge is -2.33. The maximum absolute atomic E-state index is 12.9. The van der Waals surface area contributed by atoms with E-state index >= 15 is 0 Å². The van der Waals surface area contributed by atoms with Crippen molar-refractivity contribution in [3.8, 4) is 0 Å². The van der Waals surface area contributed by atoms with Crippen LogP contribution in [0.25, 0.3) is 0 Å². The largest absolute Gasteiger partial charge is 0.351 e. The second kappa shape index (κ2) is 9.00. The Morgan fingerprint density at radius 3 is 2.32 bits per heavy atom. The minimum atomic E-state index is -3.65. The monoisotopic (exact) mass is 425 g/mol. The summed E-state index contributed by atoms with van der Waals surface area (Å²) in [6.07, 6.45) is 0. The maximum atomic E-state index is 12.9. The zero-order valence-corrected chi connectivity index (χ0v) is 16.7. The molecule has 2 aromatic carbocycles. The Hall–Kier alpha value is -2.00. The number of nitrogens with one attached hydrogen (secondary N) is 1. The molecule has 0 aromatic heterocycles. The van der Waals surface area contributed by atoms with Crippen molar-refractivity contribution < 1.29 is 17.6 Å². The number of amides is 1. The van der Waals surface area contributed by atoms with E-state index in [1.54, 1.807) is 30.3 Å². The molecule has 28 heavy (non-hydrogen) atoms. The van der Waals surface area contributed by atoms with E-state index in [4.69, 9.17) is 11.6 Å². The van der Waals surface area contributed by atoms with Crippen LogP contribution in [-0.4, -0.2) is 56.3 Å². The SMILES string of the molecule is O=C(CN1CCN(S(=O)(=O)c2ccccc2Cl)CC1)NCc1ccc(F)cc1. The lowest BCUT2D eigenvalue weighted by molar-refractivity contribution is -0.122. The highest BCUT2D eigenvalue weighted by molar-refractivity contribution is 7.89. The normalized spacial score (nSPS) is 16.1. The van der Waals surface area contributed by atoms with Crippen molar-refractivity contribution in [1.82, 2.24) is 14.5 Å². The van der Waals surface area contributed by atoms with E-state index in [1.807, 2.05) is 4.90 Å². The minimum Gasteiger partial charge on any atom is -0.351 e. The van der Waals surface area contributed by atoms with Gasteiger partial charge in [0.25, 0.3) is 0 Å². The average molecular weight is 426 g/mol. The Kier molecular flexibility index (Phi) is 6.66. The van der Waals surface area contributed by atoms with Gasteiger partial charge in [-0.25, -0.2) is 12.8 Å². The second-order valence-corrected chi connectivity index (χ2v) is 8.83. The van der Waals surface area contributed by atoms with E-state index in [0.29, 0.717) is 32.7 Å². The molecule has 0 radical (unpaired) electrons. The van der Waals surface area contributed by atoms with Crippen LogP contribution < -0.4 is 5.32 Å². The van der Waals surface area contributed by atoms with E-state index in [9.17, 15) is 17.6 Å².